The van der Waals surface area contributed by atoms with Crippen LogP contribution in [-0.4, -0.2) is 17.0 Å². The van der Waals surface area contributed by atoms with Gasteiger partial charge in [0.2, 0.25) is 0 Å². The molecule has 0 aromatic heterocycles. The van der Waals surface area contributed by atoms with Crippen molar-refractivity contribution in [3.8, 4) is 0 Å². The maximum Gasteiger partial charge on any atom is 0.307 e. The van der Waals surface area contributed by atoms with Crippen LogP contribution in [0.4, 0.5) is 0 Å². The van der Waals surface area contributed by atoms with Gasteiger partial charge >= 0.3 is 11.9 Å². The van der Waals surface area contributed by atoms with Crippen LogP contribution in [0.2, 0.25) is 0 Å². The summed E-state index contributed by atoms with van der Waals surface area (Å²) in [4.78, 5) is 20.0. The lowest BCUT2D eigenvalue weighted by atomic mass is 10.1. The lowest BCUT2D eigenvalue weighted by molar-refractivity contribution is -0.138. The van der Waals surface area contributed by atoms with Crippen molar-refractivity contribution in [1.82, 2.24) is 0 Å². The number of carbonyl (C=O) groups is 2. The minimum Gasteiger partial charge on any atom is -0.481 e. The van der Waals surface area contributed by atoms with Gasteiger partial charge in [0.05, 0.1) is 0 Å². The summed E-state index contributed by atoms with van der Waals surface area (Å²) in [5.74, 6) is -0.0515. The van der Waals surface area contributed by atoms with Crippen molar-refractivity contribution >= 4 is 11.9 Å². The van der Waals surface area contributed by atoms with Gasteiger partial charge in [-0.1, -0.05) is 6.92 Å². The Bertz CT molecular complexity index is 256. The smallest absolute Gasteiger partial charge is 0.307 e. The van der Waals surface area contributed by atoms with Crippen molar-refractivity contribution in [2.75, 3.05) is 0 Å². The van der Waals surface area contributed by atoms with Gasteiger partial charge in [-0.2, -0.15) is 0 Å². The van der Waals surface area contributed by atoms with Gasteiger partial charge in [0, 0.05) is 19.8 Å². The Hall–Kier alpha value is -1.32. The summed E-state index contributed by atoms with van der Waals surface area (Å²) in [6, 6.07) is 0. The van der Waals surface area contributed by atoms with Crippen LogP contribution in [0.5, 0.6) is 0 Å². The van der Waals surface area contributed by atoms with E-state index in [0.29, 0.717) is 6.42 Å². The molecule has 0 amide bonds. The molecular weight excluding hydrogens is 208 g/mol. The number of allylic oxidation sites excluding steroid dienone is 2. The van der Waals surface area contributed by atoms with Crippen molar-refractivity contribution in [1.29, 1.82) is 0 Å². The molecule has 0 radical (unpaired) electrons. The summed E-state index contributed by atoms with van der Waals surface area (Å²) in [6.07, 6.45) is 7.40. The molecule has 0 unspecified atom stereocenters. The molecule has 0 bridgehead atoms. The van der Waals surface area contributed by atoms with E-state index < -0.39 is 5.97 Å². The average Bonchev–Trinajstić information content (AvgIpc) is 2.18. The molecule has 0 aliphatic heterocycles. The summed E-state index contributed by atoms with van der Waals surface area (Å²) < 4.78 is 4.91. The Morgan fingerprint density at radius 2 is 2.12 bits per heavy atom. The van der Waals surface area contributed by atoms with Crippen LogP contribution >= 0.6 is 0 Å². The number of carbonyl (C=O) groups excluding carboxylic acids is 1. The molecular formula is C12H20O4. The molecule has 0 heterocycles. The number of carboxylic acid groups (broad SMARTS) is 1. The van der Waals surface area contributed by atoms with E-state index in [1.54, 1.807) is 0 Å². The first-order chi connectivity index (χ1) is 7.56. The van der Waals surface area contributed by atoms with Gasteiger partial charge in [0.1, 0.15) is 5.76 Å². The van der Waals surface area contributed by atoms with E-state index in [1.165, 1.54) is 13.3 Å². The summed E-state index contributed by atoms with van der Waals surface area (Å²) in [5.41, 5.74) is 0. The van der Waals surface area contributed by atoms with Gasteiger partial charge in [-0.25, -0.2) is 0 Å². The van der Waals surface area contributed by atoms with E-state index in [1.807, 2.05) is 13.0 Å². The van der Waals surface area contributed by atoms with Crippen LogP contribution in [0.1, 0.15) is 52.4 Å². The summed E-state index contributed by atoms with van der Waals surface area (Å²) in [5, 5.41) is 7.91. The van der Waals surface area contributed by atoms with Crippen LogP contribution < -0.4 is 0 Å². The molecule has 0 spiro atoms. The fourth-order valence-electron chi connectivity index (χ4n) is 1.30. The highest BCUT2D eigenvalue weighted by atomic mass is 16.5. The second kappa shape index (κ2) is 8.95. The SMILES string of the molecule is CC(=O)OC1=CCCCC1.CCCC(=O)O. The molecule has 0 fully saturated rings. The first-order valence-corrected chi connectivity index (χ1v) is 5.65. The standard InChI is InChI=1S/C8H12O2.C4H8O2/c1-7(9)10-8-5-3-2-4-6-8;1-2-3-4(5)6/h5H,2-4,6H2,1H3;2-3H2,1H3,(H,5,6). The van der Waals surface area contributed by atoms with Crippen LogP contribution in [0.25, 0.3) is 0 Å². The highest BCUT2D eigenvalue weighted by Crippen LogP contribution is 2.17. The molecule has 1 aliphatic rings. The number of aliphatic carboxylic acids is 1. The van der Waals surface area contributed by atoms with Gasteiger partial charge in [-0.3, -0.25) is 9.59 Å². The van der Waals surface area contributed by atoms with Crippen molar-refractivity contribution in [2.45, 2.75) is 52.4 Å². The summed E-state index contributed by atoms with van der Waals surface area (Å²) >= 11 is 0. The number of rotatable bonds is 3. The average molecular weight is 228 g/mol. The second-order valence-electron chi connectivity index (χ2n) is 3.65. The predicted octanol–water partition coefficient (Wildman–Crippen LogP) is 2.88. The third-order valence-corrected chi connectivity index (χ3v) is 1.99. The van der Waals surface area contributed by atoms with Gasteiger partial charge in [0.25, 0.3) is 0 Å². The summed E-state index contributed by atoms with van der Waals surface area (Å²) in [7, 11) is 0. The molecule has 0 atom stereocenters. The number of ether oxygens (including phenoxy) is 1. The highest BCUT2D eigenvalue weighted by Gasteiger charge is 2.05. The van der Waals surface area contributed by atoms with E-state index in [2.05, 4.69) is 0 Å². The van der Waals surface area contributed by atoms with Crippen molar-refractivity contribution < 1.29 is 19.4 Å². The molecule has 1 rings (SSSR count). The Kier molecular flexibility index (Phi) is 8.21. The van der Waals surface area contributed by atoms with E-state index in [0.717, 1.165) is 31.4 Å². The first kappa shape index (κ1) is 14.7. The summed E-state index contributed by atoms with van der Waals surface area (Å²) in [6.45, 7) is 3.28. The van der Waals surface area contributed by atoms with Gasteiger partial charge in [-0.05, 0) is 31.8 Å². The Morgan fingerprint density at radius 1 is 1.44 bits per heavy atom. The minimum absolute atomic E-state index is 0.201. The number of hydrogen-bond donors (Lipinski definition) is 1. The molecule has 1 N–H and O–H groups in total. The predicted molar refractivity (Wildman–Crippen MR) is 60.9 cm³/mol. The first-order valence-electron chi connectivity index (χ1n) is 5.65. The van der Waals surface area contributed by atoms with Gasteiger partial charge in [0.15, 0.2) is 0 Å². The number of hydrogen-bond acceptors (Lipinski definition) is 3. The Morgan fingerprint density at radius 3 is 2.44 bits per heavy atom. The van der Waals surface area contributed by atoms with Gasteiger partial charge < -0.3 is 9.84 Å². The Labute approximate surface area is 96.3 Å². The van der Waals surface area contributed by atoms with E-state index in [-0.39, 0.29) is 5.97 Å². The van der Waals surface area contributed by atoms with Crippen LogP contribution in [0.15, 0.2) is 11.8 Å². The molecule has 0 saturated carbocycles. The maximum absolute atomic E-state index is 10.4. The fourth-order valence-corrected chi connectivity index (χ4v) is 1.30. The molecule has 92 valence electrons. The number of esters is 1. The third-order valence-electron chi connectivity index (χ3n) is 1.99. The largest absolute Gasteiger partial charge is 0.481 e. The fraction of sp³-hybridized carbons (Fsp3) is 0.667. The molecule has 0 aromatic rings. The van der Waals surface area contributed by atoms with Crippen LogP contribution in [0.3, 0.4) is 0 Å². The van der Waals surface area contributed by atoms with Crippen LogP contribution in [-0.2, 0) is 14.3 Å². The van der Waals surface area contributed by atoms with Crippen molar-refractivity contribution in [3.63, 3.8) is 0 Å². The third kappa shape index (κ3) is 9.24. The van der Waals surface area contributed by atoms with Crippen molar-refractivity contribution in [3.05, 3.63) is 11.8 Å². The molecule has 4 heteroatoms. The zero-order valence-electron chi connectivity index (χ0n) is 9.99. The maximum atomic E-state index is 10.4. The molecule has 1 aliphatic carbocycles. The number of carboxylic acids is 1. The monoisotopic (exact) mass is 228 g/mol. The lowest BCUT2D eigenvalue weighted by Gasteiger charge is -2.10. The van der Waals surface area contributed by atoms with Gasteiger partial charge in [-0.15, -0.1) is 0 Å². The Balaban J connectivity index is 0.000000325. The molecule has 0 saturated heterocycles. The zero-order chi connectivity index (χ0) is 12.4. The van der Waals surface area contributed by atoms with Crippen LogP contribution in [0, 0.1) is 0 Å². The molecule has 16 heavy (non-hydrogen) atoms. The second-order valence-corrected chi connectivity index (χ2v) is 3.65. The van der Waals surface area contributed by atoms with E-state index >= 15 is 0 Å². The quantitative estimate of drug-likeness (QED) is 0.754. The normalized spacial score (nSPS) is 14.2. The minimum atomic E-state index is -0.711. The van der Waals surface area contributed by atoms with Crippen molar-refractivity contribution in [2.24, 2.45) is 0 Å². The van der Waals surface area contributed by atoms with E-state index in [4.69, 9.17) is 9.84 Å². The molecule has 0 aromatic carbocycles. The highest BCUT2D eigenvalue weighted by molar-refractivity contribution is 5.67. The lowest BCUT2D eigenvalue weighted by Crippen LogP contribution is -2.01. The molecule has 4 nitrogen and oxygen atoms in total. The zero-order valence-corrected chi connectivity index (χ0v) is 9.99. The van der Waals surface area contributed by atoms with E-state index in [9.17, 15) is 9.59 Å². The topological polar surface area (TPSA) is 63.6 Å².